The van der Waals surface area contributed by atoms with E-state index >= 15 is 0 Å². The fraction of sp³-hybridized carbons (Fsp3) is 0.191. The maximum atomic E-state index is 12.4. The van der Waals surface area contributed by atoms with Gasteiger partial charge in [-0.3, -0.25) is 0 Å². The maximum absolute atomic E-state index is 12.4. The van der Waals surface area contributed by atoms with Crippen LogP contribution in [0, 0.1) is 0 Å². The zero-order chi connectivity index (χ0) is 35.5. The van der Waals surface area contributed by atoms with Crippen LogP contribution in [0.15, 0.2) is 146 Å². The first-order valence-corrected chi connectivity index (χ1v) is 17.7. The van der Waals surface area contributed by atoms with E-state index in [2.05, 4.69) is 134 Å². The topological polar surface area (TPSA) is 52.6 Å². The van der Waals surface area contributed by atoms with Gasteiger partial charge in [-0.2, -0.15) is 0 Å². The zero-order valence-corrected chi connectivity index (χ0v) is 29.3. The van der Waals surface area contributed by atoms with Crippen molar-refractivity contribution in [2.24, 2.45) is 0 Å². The van der Waals surface area contributed by atoms with E-state index in [0.29, 0.717) is 24.0 Å². The number of ether oxygens (including phenoxy) is 2. The Labute approximate surface area is 300 Å². The number of benzene rings is 6. The number of hydrogen-bond acceptors (Lipinski definition) is 4. The summed E-state index contributed by atoms with van der Waals surface area (Å²) < 4.78 is 11.3. The summed E-state index contributed by atoms with van der Waals surface area (Å²) in [6.45, 7) is 11.4. The van der Waals surface area contributed by atoms with Crippen molar-refractivity contribution in [3.8, 4) is 33.4 Å². The van der Waals surface area contributed by atoms with E-state index in [1.807, 2.05) is 0 Å². The molecule has 0 unspecified atom stereocenters. The third-order valence-electron chi connectivity index (χ3n) is 10.2. The molecular formula is C47H42O4. The molecule has 6 aromatic rings. The summed E-state index contributed by atoms with van der Waals surface area (Å²) in [5.74, 6) is -0.751. The van der Waals surface area contributed by atoms with Crippen molar-refractivity contribution in [1.82, 2.24) is 0 Å². The lowest BCUT2D eigenvalue weighted by atomic mass is 9.71. The first-order valence-electron chi connectivity index (χ1n) is 17.7. The minimum absolute atomic E-state index is 0.286. The van der Waals surface area contributed by atoms with Gasteiger partial charge in [-0.15, -0.1) is 0 Å². The van der Waals surface area contributed by atoms with Crippen LogP contribution in [0.25, 0.3) is 54.9 Å². The number of rotatable bonds is 12. The molecule has 0 spiro atoms. The highest BCUT2D eigenvalue weighted by atomic mass is 16.5. The molecule has 0 saturated heterocycles. The van der Waals surface area contributed by atoms with Gasteiger partial charge in [0, 0.05) is 16.6 Å². The monoisotopic (exact) mass is 670 g/mol. The van der Waals surface area contributed by atoms with E-state index < -0.39 is 5.41 Å². The molecular weight excluding hydrogens is 629 g/mol. The van der Waals surface area contributed by atoms with Crippen LogP contribution in [-0.2, 0) is 24.5 Å². The summed E-state index contributed by atoms with van der Waals surface area (Å²) >= 11 is 0. The smallest absolute Gasteiger partial charge is 0.333 e. The predicted octanol–water partition coefficient (Wildman–Crippen LogP) is 11.4. The van der Waals surface area contributed by atoms with E-state index in [0.717, 1.165) is 12.8 Å². The van der Waals surface area contributed by atoms with Crippen molar-refractivity contribution in [3.63, 3.8) is 0 Å². The molecule has 0 aliphatic heterocycles. The predicted molar refractivity (Wildman–Crippen MR) is 209 cm³/mol. The van der Waals surface area contributed by atoms with E-state index in [1.165, 1.54) is 66.1 Å². The Morgan fingerprint density at radius 2 is 0.882 bits per heavy atom. The Bertz CT molecular complexity index is 2150. The van der Waals surface area contributed by atoms with Gasteiger partial charge in [-0.05, 0) is 106 Å². The first-order chi connectivity index (χ1) is 24.8. The highest BCUT2D eigenvalue weighted by molar-refractivity contribution is 6.08. The second-order valence-corrected chi connectivity index (χ2v) is 13.6. The summed E-state index contributed by atoms with van der Waals surface area (Å²) in [6, 6.07) is 43.6. The SMILES string of the molecule is C=C(C)C(=O)OCCCC1(CCCOC(=O)C(=C)C)c2cccc(-c3cccc4ccccc34)c2-c2c(-c3cccc4ccccc34)cccc21. The number of carbonyl (C=O) groups is 2. The van der Waals surface area contributed by atoms with E-state index in [-0.39, 0.29) is 25.2 Å². The molecule has 0 saturated carbocycles. The molecule has 0 radical (unpaired) electrons. The molecule has 0 aromatic heterocycles. The molecule has 0 atom stereocenters. The Hall–Kier alpha value is -5.74. The largest absolute Gasteiger partial charge is 0.462 e. The molecule has 4 heteroatoms. The molecule has 1 aliphatic rings. The summed E-state index contributed by atoms with van der Waals surface area (Å²) in [5.41, 5.74) is 10.0. The Kier molecular flexibility index (Phi) is 9.42. The molecule has 0 amide bonds. The highest BCUT2D eigenvalue weighted by Crippen LogP contribution is 2.59. The molecule has 0 fully saturated rings. The number of esters is 2. The lowest BCUT2D eigenvalue weighted by molar-refractivity contribution is -0.139. The fourth-order valence-electron chi connectivity index (χ4n) is 7.94. The van der Waals surface area contributed by atoms with Gasteiger partial charge in [0.05, 0.1) is 13.2 Å². The highest BCUT2D eigenvalue weighted by Gasteiger charge is 2.44. The number of carbonyl (C=O) groups excluding carboxylic acids is 2. The van der Waals surface area contributed by atoms with E-state index in [9.17, 15) is 9.59 Å². The third kappa shape index (κ3) is 6.27. The van der Waals surface area contributed by atoms with Gasteiger partial charge < -0.3 is 9.47 Å². The number of fused-ring (bicyclic) bond motifs is 5. The van der Waals surface area contributed by atoms with Crippen LogP contribution in [-0.4, -0.2) is 25.2 Å². The second-order valence-electron chi connectivity index (χ2n) is 13.6. The van der Waals surface area contributed by atoms with Gasteiger partial charge in [0.2, 0.25) is 0 Å². The third-order valence-corrected chi connectivity index (χ3v) is 10.2. The van der Waals surface area contributed by atoms with Gasteiger partial charge in [0.1, 0.15) is 0 Å². The normalized spacial score (nSPS) is 12.7. The Balaban J connectivity index is 1.46. The average molecular weight is 671 g/mol. The minimum Gasteiger partial charge on any atom is -0.462 e. The molecule has 254 valence electrons. The molecule has 51 heavy (non-hydrogen) atoms. The van der Waals surface area contributed by atoms with E-state index in [4.69, 9.17) is 9.47 Å². The average Bonchev–Trinajstić information content (AvgIpc) is 3.44. The lowest BCUT2D eigenvalue weighted by Crippen LogP contribution is -2.27. The Morgan fingerprint density at radius 1 is 0.510 bits per heavy atom. The van der Waals surface area contributed by atoms with Crippen LogP contribution in [0.2, 0.25) is 0 Å². The van der Waals surface area contributed by atoms with Crippen molar-refractivity contribution in [1.29, 1.82) is 0 Å². The molecule has 4 nitrogen and oxygen atoms in total. The summed E-state index contributed by atoms with van der Waals surface area (Å²) in [4.78, 5) is 24.8. The quantitative estimate of drug-likeness (QED) is 0.0739. The molecule has 6 aromatic carbocycles. The van der Waals surface area contributed by atoms with Crippen molar-refractivity contribution < 1.29 is 19.1 Å². The van der Waals surface area contributed by atoms with Crippen LogP contribution in [0.4, 0.5) is 0 Å². The van der Waals surface area contributed by atoms with Crippen LogP contribution in [0.5, 0.6) is 0 Å². The number of hydrogen-bond donors (Lipinski definition) is 0. The van der Waals surface area contributed by atoms with Crippen LogP contribution >= 0.6 is 0 Å². The summed E-state index contributed by atoms with van der Waals surface area (Å²) in [6.07, 6.45) is 2.78. The molecule has 1 aliphatic carbocycles. The van der Waals surface area contributed by atoms with Crippen LogP contribution in [0.3, 0.4) is 0 Å². The van der Waals surface area contributed by atoms with Crippen LogP contribution in [0.1, 0.15) is 50.7 Å². The van der Waals surface area contributed by atoms with Gasteiger partial charge >= 0.3 is 11.9 Å². The Morgan fingerprint density at radius 3 is 1.31 bits per heavy atom. The molecule has 7 rings (SSSR count). The van der Waals surface area contributed by atoms with Gasteiger partial charge in [-0.1, -0.05) is 134 Å². The summed E-state index contributed by atoms with van der Waals surface area (Å²) in [5, 5.41) is 4.79. The second kappa shape index (κ2) is 14.2. The zero-order valence-electron chi connectivity index (χ0n) is 29.3. The molecule has 0 bridgehead atoms. The van der Waals surface area contributed by atoms with E-state index in [1.54, 1.807) is 13.8 Å². The fourth-order valence-corrected chi connectivity index (χ4v) is 7.94. The van der Waals surface area contributed by atoms with Crippen LogP contribution < -0.4 is 0 Å². The van der Waals surface area contributed by atoms with Gasteiger partial charge in [-0.25, -0.2) is 9.59 Å². The van der Waals surface area contributed by atoms with Crippen molar-refractivity contribution >= 4 is 33.5 Å². The minimum atomic E-state index is -0.433. The van der Waals surface area contributed by atoms with Gasteiger partial charge in [0.25, 0.3) is 0 Å². The van der Waals surface area contributed by atoms with Crippen molar-refractivity contribution in [2.45, 2.75) is 44.9 Å². The molecule has 0 N–H and O–H groups in total. The van der Waals surface area contributed by atoms with Gasteiger partial charge in [0.15, 0.2) is 0 Å². The lowest BCUT2D eigenvalue weighted by Gasteiger charge is -2.33. The first kappa shape index (κ1) is 33.7. The van der Waals surface area contributed by atoms with Crippen molar-refractivity contribution in [3.05, 3.63) is 157 Å². The molecule has 0 heterocycles. The summed E-state index contributed by atoms with van der Waals surface area (Å²) in [7, 11) is 0. The standard InChI is InChI=1S/C47H42O4/c1-31(2)45(48)50-29-13-27-47(28-14-30-51-46(49)32(3)4)41-25-11-23-39(37-21-9-17-33-15-5-7-19-35(33)37)43(41)44-40(24-12-26-42(44)47)38-22-10-18-34-16-6-8-20-36(34)38/h5-12,15-26H,1,3,13-14,27-30H2,2,4H3. The van der Waals surface area contributed by atoms with Crippen molar-refractivity contribution in [2.75, 3.05) is 13.2 Å². The maximum Gasteiger partial charge on any atom is 0.333 e.